The summed E-state index contributed by atoms with van der Waals surface area (Å²) in [5.41, 5.74) is 7.93. The van der Waals surface area contributed by atoms with Crippen LogP contribution in [0.4, 0.5) is 11.4 Å². The standard InChI is InChI=1S/C22H17N5O2/c23-11-15-20(24)27(13-5-4-10-25-12-13)17-8-3-9-18(28)19(17)22(15)14-6-1-2-7-16(14)26-21(22)29/h1-2,4-7,10,12H,3,8-9,24H2,(H,26,29)/t22-/m1/s1. The Labute approximate surface area is 167 Å². The predicted octanol–water partition coefficient (Wildman–Crippen LogP) is 2.49. The molecule has 2 aliphatic heterocycles. The molecule has 0 bridgehead atoms. The molecule has 3 N–H and O–H groups in total. The summed E-state index contributed by atoms with van der Waals surface area (Å²) in [6, 6.07) is 12.9. The Kier molecular flexibility index (Phi) is 3.58. The number of Topliss-reactive ketones (excluding diaryl/α,β-unsaturated/α-hetero) is 1. The van der Waals surface area contributed by atoms with E-state index >= 15 is 0 Å². The highest BCUT2D eigenvalue weighted by molar-refractivity contribution is 6.19. The molecule has 1 atom stereocenters. The second-order valence-electron chi connectivity index (χ2n) is 7.27. The van der Waals surface area contributed by atoms with E-state index in [9.17, 15) is 14.9 Å². The fraction of sp³-hybridized carbons (Fsp3) is 0.182. The Bertz CT molecular complexity index is 1180. The molecule has 29 heavy (non-hydrogen) atoms. The number of amides is 1. The van der Waals surface area contributed by atoms with Gasteiger partial charge < -0.3 is 11.1 Å². The summed E-state index contributed by atoms with van der Waals surface area (Å²) in [7, 11) is 0. The van der Waals surface area contributed by atoms with Crippen molar-refractivity contribution in [2.75, 3.05) is 10.2 Å². The molecule has 0 saturated carbocycles. The van der Waals surface area contributed by atoms with E-state index in [4.69, 9.17) is 5.73 Å². The Morgan fingerprint density at radius 2 is 2.00 bits per heavy atom. The highest BCUT2D eigenvalue weighted by Gasteiger charge is 2.59. The molecule has 142 valence electrons. The minimum atomic E-state index is -1.51. The van der Waals surface area contributed by atoms with E-state index in [0.29, 0.717) is 47.5 Å². The quantitative estimate of drug-likeness (QED) is 0.782. The lowest BCUT2D eigenvalue weighted by atomic mass is 9.64. The molecule has 3 heterocycles. The van der Waals surface area contributed by atoms with Crippen LogP contribution in [-0.4, -0.2) is 16.7 Å². The molecule has 7 heteroatoms. The number of rotatable bonds is 1. The molecular weight excluding hydrogens is 366 g/mol. The van der Waals surface area contributed by atoms with Crippen molar-refractivity contribution in [3.63, 3.8) is 0 Å². The molecule has 1 spiro atoms. The summed E-state index contributed by atoms with van der Waals surface area (Å²) in [6.45, 7) is 0. The van der Waals surface area contributed by atoms with E-state index in [0.717, 1.165) is 0 Å². The second-order valence-corrected chi connectivity index (χ2v) is 7.27. The van der Waals surface area contributed by atoms with E-state index < -0.39 is 11.3 Å². The van der Waals surface area contributed by atoms with E-state index in [1.54, 1.807) is 47.6 Å². The van der Waals surface area contributed by atoms with Crippen molar-refractivity contribution in [1.82, 2.24) is 4.98 Å². The third-order valence-corrected chi connectivity index (χ3v) is 5.84. The number of hydrogen-bond donors (Lipinski definition) is 2. The third kappa shape index (κ3) is 2.08. The van der Waals surface area contributed by atoms with Crippen LogP contribution in [0.5, 0.6) is 0 Å². The number of ketones is 1. The zero-order valence-corrected chi connectivity index (χ0v) is 15.5. The fourth-order valence-corrected chi connectivity index (χ4v) is 4.73. The van der Waals surface area contributed by atoms with Crippen LogP contribution in [0.25, 0.3) is 0 Å². The first kappa shape index (κ1) is 17.2. The number of hydrogen-bond acceptors (Lipinski definition) is 6. The number of nitriles is 1. The van der Waals surface area contributed by atoms with Crippen LogP contribution < -0.4 is 16.0 Å². The largest absolute Gasteiger partial charge is 0.384 e. The number of aromatic nitrogens is 1. The van der Waals surface area contributed by atoms with Gasteiger partial charge in [-0.1, -0.05) is 18.2 Å². The van der Waals surface area contributed by atoms with E-state index in [-0.39, 0.29) is 17.2 Å². The van der Waals surface area contributed by atoms with Crippen LogP contribution in [-0.2, 0) is 15.0 Å². The van der Waals surface area contributed by atoms with Crippen LogP contribution in [0.3, 0.4) is 0 Å². The highest BCUT2D eigenvalue weighted by Crippen LogP contribution is 2.54. The van der Waals surface area contributed by atoms with Crippen molar-refractivity contribution < 1.29 is 9.59 Å². The lowest BCUT2D eigenvalue weighted by Crippen LogP contribution is -2.50. The molecule has 5 rings (SSSR count). The van der Waals surface area contributed by atoms with Gasteiger partial charge in [-0.2, -0.15) is 5.26 Å². The molecule has 7 nitrogen and oxygen atoms in total. The molecule has 3 aliphatic rings. The van der Waals surface area contributed by atoms with Gasteiger partial charge in [0.15, 0.2) is 5.78 Å². The highest BCUT2D eigenvalue weighted by atomic mass is 16.2. The van der Waals surface area contributed by atoms with Crippen molar-refractivity contribution in [1.29, 1.82) is 5.26 Å². The average molecular weight is 383 g/mol. The summed E-state index contributed by atoms with van der Waals surface area (Å²) in [5, 5.41) is 13.0. The second kappa shape index (κ2) is 6.04. The molecule has 1 aromatic heterocycles. The molecule has 2 aromatic rings. The maximum Gasteiger partial charge on any atom is 0.245 e. The number of carbonyl (C=O) groups is 2. The third-order valence-electron chi connectivity index (χ3n) is 5.84. The number of carbonyl (C=O) groups excluding carboxylic acids is 2. The van der Waals surface area contributed by atoms with Gasteiger partial charge in [-0.3, -0.25) is 19.5 Å². The van der Waals surface area contributed by atoms with Crippen LogP contribution in [0.15, 0.2) is 71.5 Å². The van der Waals surface area contributed by atoms with Gasteiger partial charge in [-0.25, -0.2) is 0 Å². The minimum absolute atomic E-state index is 0.0674. The number of pyridine rings is 1. The molecule has 0 saturated heterocycles. The summed E-state index contributed by atoms with van der Waals surface area (Å²) in [4.78, 5) is 32.5. The SMILES string of the molecule is N#CC1=C(N)N(c2cccnc2)C2=C(C(=O)CCC2)[C@]12C(=O)Nc1ccccc12. The number of benzene rings is 1. The molecule has 1 aliphatic carbocycles. The van der Waals surface area contributed by atoms with Gasteiger partial charge in [0.1, 0.15) is 17.3 Å². The Morgan fingerprint density at radius 3 is 2.76 bits per heavy atom. The van der Waals surface area contributed by atoms with Gasteiger partial charge in [0, 0.05) is 35.1 Å². The van der Waals surface area contributed by atoms with Gasteiger partial charge in [-0.05, 0) is 31.0 Å². The summed E-state index contributed by atoms with van der Waals surface area (Å²) >= 11 is 0. The number of anilines is 2. The molecular formula is C22H17N5O2. The minimum Gasteiger partial charge on any atom is -0.384 e. The molecule has 0 fully saturated rings. The average Bonchev–Trinajstić information content (AvgIpc) is 3.02. The Hall–Kier alpha value is -3.92. The van der Waals surface area contributed by atoms with Gasteiger partial charge in [-0.15, -0.1) is 0 Å². The van der Waals surface area contributed by atoms with Crippen molar-refractivity contribution >= 4 is 23.1 Å². The number of nitrogens with two attached hydrogens (primary N) is 1. The van der Waals surface area contributed by atoms with E-state index in [1.807, 2.05) is 6.07 Å². The van der Waals surface area contributed by atoms with Gasteiger partial charge in [0.2, 0.25) is 5.91 Å². The molecule has 0 radical (unpaired) electrons. The zero-order chi connectivity index (χ0) is 20.2. The number of fused-ring (bicyclic) bond motifs is 3. The van der Waals surface area contributed by atoms with E-state index in [1.165, 1.54) is 0 Å². The first-order valence-corrected chi connectivity index (χ1v) is 9.39. The number of para-hydroxylation sites is 1. The van der Waals surface area contributed by atoms with Crippen molar-refractivity contribution in [3.05, 3.63) is 77.0 Å². The zero-order valence-electron chi connectivity index (χ0n) is 15.5. The van der Waals surface area contributed by atoms with Crippen molar-refractivity contribution in [2.24, 2.45) is 5.73 Å². The number of nitrogens with one attached hydrogen (secondary N) is 1. The molecule has 0 unspecified atom stereocenters. The normalized spacial score (nSPS) is 23.1. The lowest BCUT2D eigenvalue weighted by Gasteiger charge is -2.43. The summed E-state index contributed by atoms with van der Waals surface area (Å²) in [6.07, 6.45) is 4.83. The first-order valence-electron chi connectivity index (χ1n) is 9.39. The first-order chi connectivity index (χ1) is 14.1. The van der Waals surface area contributed by atoms with Crippen molar-refractivity contribution in [3.8, 4) is 6.07 Å². The number of allylic oxidation sites excluding steroid dienone is 1. The Morgan fingerprint density at radius 1 is 1.17 bits per heavy atom. The van der Waals surface area contributed by atoms with Crippen LogP contribution >= 0.6 is 0 Å². The predicted molar refractivity (Wildman–Crippen MR) is 106 cm³/mol. The van der Waals surface area contributed by atoms with Crippen molar-refractivity contribution in [2.45, 2.75) is 24.7 Å². The topological polar surface area (TPSA) is 112 Å². The Balaban J connectivity index is 1.90. The fourth-order valence-electron chi connectivity index (χ4n) is 4.73. The maximum atomic E-state index is 13.4. The van der Waals surface area contributed by atoms with Gasteiger partial charge in [0.25, 0.3) is 0 Å². The summed E-state index contributed by atoms with van der Waals surface area (Å²) in [5.74, 6) is -0.389. The van der Waals surface area contributed by atoms with Crippen LogP contribution in [0, 0.1) is 11.3 Å². The monoisotopic (exact) mass is 383 g/mol. The summed E-state index contributed by atoms with van der Waals surface area (Å²) < 4.78 is 0. The molecule has 1 amide bonds. The van der Waals surface area contributed by atoms with Gasteiger partial charge in [0.05, 0.1) is 17.5 Å². The van der Waals surface area contributed by atoms with Crippen LogP contribution in [0.2, 0.25) is 0 Å². The van der Waals surface area contributed by atoms with Gasteiger partial charge >= 0.3 is 0 Å². The smallest absolute Gasteiger partial charge is 0.245 e. The molecule has 1 aromatic carbocycles. The lowest BCUT2D eigenvalue weighted by molar-refractivity contribution is -0.122. The van der Waals surface area contributed by atoms with E-state index in [2.05, 4.69) is 16.4 Å². The van der Waals surface area contributed by atoms with Crippen LogP contribution in [0.1, 0.15) is 24.8 Å². The number of nitrogens with zero attached hydrogens (tertiary/aromatic N) is 3. The maximum absolute atomic E-state index is 13.4.